The monoisotopic (exact) mass is 236 g/mol. The van der Waals surface area contributed by atoms with E-state index in [0.29, 0.717) is 11.7 Å². The fourth-order valence-corrected chi connectivity index (χ4v) is 2.32. The number of nitrogens with two attached hydrogens (primary N) is 1. The molecule has 1 saturated carbocycles. The molecule has 94 valence electrons. The Bertz CT molecular complexity index is 429. The average Bonchev–Trinajstić information content (AvgIpc) is 2.71. The Balaban J connectivity index is 1.98. The molecule has 1 aromatic heterocycles. The highest BCUT2D eigenvalue weighted by atomic mass is 16.1. The number of hydrogen-bond donors (Lipinski definition) is 3. The SMILES string of the molecule is CCc1nc(NCC2CCCC2N)cc(=O)[nH]1. The van der Waals surface area contributed by atoms with Gasteiger partial charge in [-0.05, 0) is 18.8 Å². The van der Waals surface area contributed by atoms with Crippen molar-refractivity contribution < 1.29 is 0 Å². The van der Waals surface area contributed by atoms with E-state index in [2.05, 4.69) is 15.3 Å². The predicted octanol–water partition coefficient (Wildman–Crippen LogP) is 0.872. The summed E-state index contributed by atoms with van der Waals surface area (Å²) in [5.41, 5.74) is 5.90. The Labute approximate surface area is 101 Å². The van der Waals surface area contributed by atoms with Crippen LogP contribution >= 0.6 is 0 Å². The summed E-state index contributed by atoms with van der Waals surface area (Å²) in [5, 5.41) is 3.22. The van der Waals surface area contributed by atoms with E-state index in [1.807, 2.05) is 6.92 Å². The second-order valence-electron chi connectivity index (χ2n) is 4.67. The number of aromatic amines is 1. The molecule has 0 amide bonds. The van der Waals surface area contributed by atoms with Crippen molar-refractivity contribution in [2.24, 2.45) is 11.7 Å². The first-order valence-electron chi connectivity index (χ1n) is 6.28. The summed E-state index contributed by atoms with van der Waals surface area (Å²) in [5.74, 6) is 1.88. The van der Waals surface area contributed by atoms with Crippen molar-refractivity contribution in [3.63, 3.8) is 0 Å². The maximum Gasteiger partial charge on any atom is 0.252 e. The first-order chi connectivity index (χ1) is 8.19. The molecule has 1 aromatic rings. The largest absolute Gasteiger partial charge is 0.370 e. The van der Waals surface area contributed by atoms with Crippen molar-refractivity contribution in [1.29, 1.82) is 0 Å². The molecule has 5 heteroatoms. The van der Waals surface area contributed by atoms with Crippen LogP contribution in [0.3, 0.4) is 0 Å². The second kappa shape index (κ2) is 5.31. The van der Waals surface area contributed by atoms with Gasteiger partial charge in [0.2, 0.25) is 0 Å². The molecule has 4 N–H and O–H groups in total. The standard InChI is InChI=1S/C12H20N4O/c1-2-10-15-11(6-12(17)16-10)14-7-8-4-3-5-9(8)13/h6,8-9H,2-5,7,13H2,1H3,(H2,14,15,16,17). The van der Waals surface area contributed by atoms with Gasteiger partial charge >= 0.3 is 0 Å². The zero-order valence-electron chi connectivity index (χ0n) is 10.2. The van der Waals surface area contributed by atoms with Crippen LogP contribution in [-0.2, 0) is 6.42 Å². The van der Waals surface area contributed by atoms with Gasteiger partial charge in [-0.3, -0.25) is 4.79 Å². The first-order valence-corrected chi connectivity index (χ1v) is 6.28. The molecular formula is C12H20N4O. The third kappa shape index (κ3) is 3.06. The normalized spacial score (nSPS) is 23.9. The summed E-state index contributed by atoms with van der Waals surface area (Å²) in [4.78, 5) is 18.4. The van der Waals surface area contributed by atoms with Crippen LogP contribution < -0.4 is 16.6 Å². The minimum atomic E-state index is -0.102. The molecule has 17 heavy (non-hydrogen) atoms. The van der Waals surface area contributed by atoms with Crippen LogP contribution in [0.4, 0.5) is 5.82 Å². The third-order valence-electron chi connectivity index (χ3n) is 3.39. The Kier molecular flexibility index (Phi) is 3.78. The van der Waals surface area contributed by atoms with Crippen LogP contribution in [0.1, 0.15) is 32.0 Å². The van der Waals surface area contributed by atoms with Crippen molar-refractivity contribution in [3.8, 4) is 0 Å². The van der Waals surface area contributed by atoms with Crippen molar-refractivity contribution >= 4 is 5.82 Å². The summed E-state index contributed by atoms with van der Waals surface area (Å²) in [6, 6.07) is 1.79. The lowest BCUT2D eigenvalue weighted by Gasteiger charge is -2.16. The molecule has 0 radical (unpaired) electrons. The third-order valence-corrected chi connectivity index (χ3v) is 3.39. The minimum Gasteiger partial charge on any atom is -0.370 e. The Hall–Kier alpha value is -1.36. The summed E-state index contributed by atoms with van der Waals surface area (Å²) >= 11 is 0. The van der Waals surface area contributed by atoms with Crippen molar-refractivity contribution in [2.45, 2.75) is 38.6 Å². The van der Waals surface area contributed by atoms with Gasteiger partial charge in [-0.1, -0.05) is 13.3 Å². The van der Waals surface area contributed by atoms with Gasteiger partial charge in [0.1, 0.15) is 11.6 Å². The number of H-pyrrole nitrogens is 1. The molecule has 0 bridgehead atoms. The Morgan fingerprint density at radius 3 is 3.06 bits per heavy atom. The van der Waals surface area contributed by atoms with Crippen LogP contribution in [0.2, 0.25) is 0 Å². The highest BCUT2D eigenvalue weighted by Gasteiger charge is 2.23. The summed E-state index contributed by atoms with van der Waals surface area (Å²) in [6.45, 7) is 2.77. The van der Waals surface area contributed by atoms with Gasteiger partial charge in [0.15, 0.2) is 0 Å². The van der Waals surface area contributed by atoms with E-state index in [9.17, 15) is 4.79 Å². The van der Waals surface area contributed by atoms with E-state index in [1.165, 1.54) is 12.5 Å². The predicted molar refractivity (Wildman–Crippen MR) is 68.0 cm³/mol. The first kappa shape index (κ1) is 12.1. The number of nitrogens with zero attached hydrogens (tertiary/aromatic N) is 1. The van der Waals surface area contributed by atoms with Gasteiger partial charge < -0.3 is 16.0 Å². The fourth-order valence-electron chi connectivity index (χ4n) is 2.32. The minimum absolute atomic E-state index is 0.102. The Morgan fingerprint density at radius 2 is 2.41 bits per heavy atom. The molecule has 0 aromatic carbocycles. The molecule has 1 aliphatic carbocycles. The van der Waals surface area contributed by atoms with Gasteiger partial charge in [0, 0.05) is 25.1 Å². The van der Waals surface area contributed by atoms with Crippen LogP contribution in [0.15, 0.2) is 10.9 Å². The lowest BCUT2D eigenvalue weighted by molar-refractivity contribution is 0.504. The maximum absolute atomic E-state index is 11.4. The van der Waals surface area contributed by atoms with Gasteiger partial charge in [0.05, 0.1) is 0 Å². The molecule has 1 heterocycles. The molecule has 0 aliphatic heterocycles. The molecule has 2 rings (SSSR count). The quantitative estimate of drug-likeness (QED) is 0.724. The lowest BCUT2D eigenvalue weighted by atomic mass is 10.1. The molecule has 1 aliphatic rings. The smallest absolute Gasteiger partial charge is 0.252 e. The van der Waals surface area contributed by atoms with Crippen LogP contribution in [0.5, 0.6) is 0 Å². The number of anilines is 1. The number of aromatic nitrogens is 2. The van der Waals surface area contributed by atoms with E-state index < -0.39 is 0 Å². The number of rotatable bonds is 4. The molecule has 0 saturated heterocycles. The number of nitrogens with one attached hydrogen (secondary N) is 2. The van der Waals surface area contributed by atoms with Gasteiger partial charge in [-0.15, -0.1) is 0 Å². The van der Waals surface area contributed by atoms with Crippen LogP contribution in [-0.4, -0.2) is 22.6 Å². The molecule has 0 spiro atoms. The van der Waals surface area contributed by atoms with Gasteiger partial charge in [-0.2, -0.15) is 0 Å². The van der Waals surface area contributed by atoms with E-state index in [-0.39, 0.29) is 11.6 Å². The number of aryl methyl sites for hydroxylation is 1. The molecular weight excluding hydrogens is 216 g/mol. The van der Waals surface area contributed by atoms with Crippen molar-refractivity contribution in [3.05, 3.63) is 22.2 Å². The molecule has 5 nitrogen and oxygen atoms in total. The van der Waals surface area contributed by atoms with Crippen LogP contribution in [0, 0.1) is 5.92 Å². The maximum atomic E-state index is 11.4. The van der Waals surface area contributed by atoms with E-state index in [0.717, 1.165) is 31.6 Å². The van der Waals surface area contributed by atoms with E-state index >= 15 is 0 Å². The fraction of sp³-hybridized carbons (Fsp3) is 0.667. The summed E-state index contributed by atoms with van der Waals surface area (Å²) in [7, 11) is 0. The van der Waals surface area contributed by atoms with Gasteiger partial charge in [-0.25, -0.2) is 4.98 Å². The molecule has 1 fully saturated rings. The summed E-state index contributed by atoms with van der Waals surface area (Å²) in [6.07, 6.45) is 4.21. The second-order valence-corrected chi connectivity index (χ2v) is 4.67. The van der Waals surface area contributed by atoms with Crippen molar-refractivity contribution in [1.82, 2.24) is 9.97 Å². The Morgan fingerprint density at radius 1 is 1.59 bits per heavy atom. The van der Waals surface area contributed by atoms with Crippen LogP contribution in [0.25, 0.3) is 0 Å². The van der Waals surface area contributed by atoms with Crippen molar-refractivity contribution in [2.75, 3.05) is 11.9 Å². The van der Waals surface area contributed by atoms with Gasteiger partial charge in [0.25, 0.3) is 5.56 Å². The number of hydrogen-bond acceptors (Lipinski definition) is 4. The average molecular weight is 236 g/mol. The zero-order chi connectivity index (χ0) is 12.3. The highest BCUT2D eigenvalue weighted by Crippen LogP contribution is 2.23. The molecule has 2 unspecified atom stereocenters. The van der Waals surface area contributed by atoms with E-state index in [4.69, 9.17) is 5.73 Å². The lowest BCUT2D eigenvalue weighted by Crippen LogP contribution is -2.30. The molecule has 2 atom stereocenters. The topological polar surface area (TPSA) is 83.8 Å². The van der Waals surface area contributed by atoms with E-state index in [1.54, 1.807) is 0 Å². The zero-order valence-corrected chi connectivity index (χ0v) is 10.2. The highest BCUT2D eigenvalue weighted by molar-refractivity contribution is 5.33. The summed E-state index contributed by atoms with van der Waals surface area (Å²) < 4.78 is 0.